The fraction of sp³-hybridized carbons (Fsp3) is 0.800. The molecule has 1 unspecified atom stereocenters. The molecule has 0 rings (SSSR count). The summed E-state index contributed by atoms with van der Waals surface area (Å²) in [5, 5.41) is 0. The van der Waals surface area contributed by atoms with Crippen molar-refractivity contribution in [1.82, 2.24) is 0 Å². The van der Waals surface area contributed by atoms with E-state index in [2.05, 4.69) is 22.9 Å². The molecule has 0 aliphatic rings. The highest BCUT2D eigenvalue weighted by molar-refractivity contribution is 9.09. The fourth-order valence-corrected chi connectivity index (χ4v) is 0.802. The Bertz CT molecular complexity index is 54.0. The second-order valence-electron chi connectivity index (χ2n) is 1.44. The van der Waals surface area contributed by atoms with Gasteiger partial charge < -0.3 is 4.79 Å². The summed E-state index contributed by atoms with van der Waals surface area (Å²) in [7, 11) is 0. The van der Waals surface area contributed by atoms with Crippen molar-refractivity contribution in [3.8, 4) is 0 Å². The predicted octanol–water partition coefficient (Wildman–Crippen LogP) is 1.75. The lowest BCUT2D eigenvalue weighted by atomic mass is 10.3. The second-order valence-corrected chi connectivity index (χ2v) is 2.62. The van der Waals surface area contributed by atoms with Crippen molar-refractivity contribution in [2.75, 3.05) is 0 Å². The van der Waals surface area contributed by atoms with E-state index in [1.807, 2.05) is 0 Å². The zero-order valence-electron chi connectivity index (χ0n) is 4.36. The molecule has 0 aromatic rings. The first-order valence-electron chi connectivity index (χ1n) is 2.40. The van der Waals surface area contributed by atoms with Crippen molar-refractivity contribution in [1.29, 1.82) is 0 Å². The van der Waals surface area contributed by atoms with Crippen molar-refractivity contribution in [2.45, 2.75) is 24.6 Å². The van der Waals surface area contributed by atoms with Gasteiger partial charge in [0.2, 0.25) is 0 Å². The molecule has 0 bridgehead atoms. The molecule has 0 saturated heterocycles. The Morgan fingerprint density at radius 2 is 2.43 bits per heavy atom. The lowest BCUT2D eigenvalue weighted by Gasteiger charge is -1.92. The second kappa shape index (κ2) is 4.31. The number of aldehydes is 1. The molecule has 0 N–H and O–H groups in total. The van der Waals surface area contributed by atoms with Crippen LogP contribution in [0.2, 0.25) is 0 Å². The maximum atomic E-state index is 9.85. The van der Waals surface area contributed by atoms with Gasteiger partial charge in [0.15, 0.2) is 0 Å². The molecule has 0 spiro atoms. The summed E-state index contributed by atoms with van der Waals surface area (Å²) in [5.41, 5.74) is 0. The maximum Gasteiger partial charge on any atom is 0.133 e. The summed E-state index contributed by atoms with van der Waals surface area (Å²) in [4.78, 5) is 9.93. The van der Waals surface area contributed by atoms with E-state index in [0.29, 0.717) is 0 Å². The van der Waals surface area contributed by atoms with Crippen LogP contribution in [0.1, 0.15) is 19.8 Å². The number of alkyl halides is 1. The first-order chi connectivity index (χ1) is 3.31. The zero-order chi connectivity index (χ0) is 5.70. The van der Waals surface area contributed by atoms with Crippen molar-refractivity contribution in [3.63, 3.8) is 0 Å². The van der Waals surface area contributed by atoms with Gasteiger partial charge in [-0.05, 0) is 6.42 Å². The van der Waals surface area contributed by atoms with Crippen molar-refractivity contribution in [3.05, 3.63) is 0 Å². The fourth-order valence-electron chi connectivity index (χ4n) is 0.344. The van der Waals surface area contributed by atoms with Gasteiger partial charge in [0.05, 0.1) is 4.83 Å². The van der Waals surface area contributed by atoms with Crippen LogP contribution >= 0.6 is 15.9 Å². The van der Waals surface area contributed by atoms with Crippen molar-refractivity contribution < 1.29 is 4.79 Å². The van der Waals surface area contributed by atoms with Crippen LogP contribution in [0, 0.1) is 0 Å². The van der Waals surface area contributed by atoms with Gasteiger partial charge in [-0.15, -0.1) is 0 Å². The smallest absolute Gasteiger partial charge is 0.133 e. The number of hydrogen-bond donors (Lipinski definition) is 0. The third-order valence-corrected chi connectivity index (χ3v) is 1.39. The van der Waals surface area contributed by atoms with Crippen LogP contribution in [-0.4, -0.2) is 11.1 Å². The van der Waals surface area contributed by atoms with Crippen LogP contribution in [0.15, 0.2) is 0 Å². The Morgan fingerprint density at radius 3 is 2.57 bits per heavy atom. The van der Waals surface area contributed by atoms with Gasteiger partial charge in [0.25, 0.3) is 0 Å². The van der Waals surface area contributed by atoms with E-state index >= 15 is 0 Å². The normalized spacial score (nSPS) is 13.4. The van der Waals surface area contributed by atoms with Gasteiger partial charge in [-0.3, -0.25) is 0 Å². The Morgan fingerprint density at radius 1 is 1.86 bits per heavy atom. The molecule has 1 nitrogen and oxygen atoms in total. The Hall–Kier alpha value is 0.150. The van der Waals surface area contributed by atoms with E-state index in [4.69, 9.17) is 0 Å². The van der Waals surface area contributed by atoms with Gasteiger partial charge in [0, 0.05) is 0 Å². The van der Waals surface area contributed by atoms with E-state index < -0.39 is 0 Å². The largest absolute Gasteiger partial charge is 0.302 e. The molecular weight excluding hydrogens is 156 g/mol. The van der Waals surface area contributed by atoms with Crippen LogP contribution in [0.4, 0.5) is 0 Å². The van der Waals surface area contributed by atoms with E-state index in [-0.39, 0.29) is 4.83 Å². The van der Waals surface area contributed by atoms with E-state index in [0.717, 1.165) is 19.1 Å². The quantitative estimate of drug-likeness (QED) is 0.459. The maximum absolute atomic E-state index is 9.85. The first-order valence-corrected chi connectivity index (χ1v) is 3.32. The van der Waals surface area contributed by atoms with E-state index in [1.54, 1.807) is 0 Å². The summed E-state index contributed by atoms with van der Waals surface area (Å²) in [5.74, 6) is 0. The lowest BCUT2D eigenvalue weighted by Crippen LogP contribution is -1.95. The molecule has 0 amide bonds. The number of carbonyl (C=O) groups excluding carboxylic acids is 1. The topological polar surface area (TPSA) is 17.1 Å². The molecule has 2 heteroatoms. The summed E-state index contributed by atoms with van der Waals surface area (Å²) in [6.45, 7) is 2.05. The van der Waals surface area contributed by atoms with Crippen LogP contribution in [-0.2, 0) is 4.79 Å². The van der Waals surface area contributed by atoms with Crippen LogP contribution in [0.5, 0.6) is 0 Å². The monoisotopic (exact) mass is 164 g/mol. The molecule has 42 valence electrons. The molecule has 0 aliphatic carbocycles. The number of rotatable bonds is 3. The Balaban J connectivity index is 2.98. The first kappa shape index (κ1) is 7.15. The van der Waals surface area contributed by atoms with Crippen LogP contribution < -0.4 is 0 Å². The third kappa shape index (κ3) is 3.99. The molecule has 0 heterocycles. The molecule has 1 atom stereocenters. The summed E-state index contributed by atoms with van der Waals surface area (Å²) < 4.78 is 0. The minimum atomic E-state index is 0.0810. The molecule has 0 saturated carbocycles. The molecule has 0 aliphatic heterocycles. The lowest BCUT2D eigenvalue weighted by molar-refractivity contribution is -0.107. The van der Waals surface area contributed by atoms with Gasteiger partial charge >= 0.3 is 0 Å². The van der Waals surface area contributed by atoms with E-state index in [1.165, 1.54) is 0 Å². The number of halogens is 1. The molecule has 0 radical (unpaired) electrons. The molecule has 0 aromatic heterocycles. The highest BCUT2D eigenvalue weighted by Gasteiger charge is 1.95. The number of carbonyl (C=O) groups is 1. The minimum absolute atomic E-state index is 0.0810. The molecule has 0 aromatic carbocycles. The standard InChI is InChI=1S/C5H9BrO/c1-2-3-5(6)4-7/h4-5H,2-3H2,1H3. The minimum Gasteiger partial charge on any atom is -0.302 e. The van der Waals surface area contributed by atoms with Gasteiger partial charge in [-0.25, -0.2) is 0 Å². The average Bonchev–Trinajstić information content (AvgIpc) is 1.68. The highest BCUT2D eigenvalue weighted by atomic mass is 79.9. The number of hydrogen-bond acceptors (Lipinski definition) is 1. The van der Waals surface area contributed by atoms with Gasteiger partial charge in [0.1, 0.15) is 6.29 Å². The summed E-state index contributed by atoms with van der Waals surface area (Å²) in [6.07, 6.45) is 2.93. The average molecular weight is 165 g/mol. The summed E-state index contributed by atoms with van der Waals surface area (Å²) in [6, 6.07) is 0. The molecule has 0 fully saturated rings. The van der Waals surface area contributed by atoms with E-state index in [9.17, 15) is 4.79 Å². The zero-order valence-corrected chi connectivity index (χ0v) is 5.94. The molecule has 7 heavy (non-hydrogen) atoms. The Kier molecular flexibility index (Phi) is 4.41. The predicted molar refractivity (Wildman–Crippen MR) is 33.7 cm³/mol. The highest BCUT2D eigenvalue weighted by Crippen LogP contribution is 2.02. The SMILES string of the molecule is CCCC(Br)C=O. The Labute approximate surface area is 52.2 Å². The van der Waals surface area contributed by atoms with Crippen molar-refractivity contribution in [2.24, 2.45) is 0 Å². The van der Waals surface area contributed by atoms with Gasteiger partial charge in [-0.2, -0.15) is 0 Å². The van der Waals surface area contributed by atoms with Gasteiger partial charge in [-0.1, -0.05) is 29.3 Å². The summed E-state index contributed by atoms with van der Waals surface area (Å²) >= 11 is 3.17. The molecular formula is C5H9BrO. The van der Waals surface area contributed by atoms with Crippen LogP contribution in [0.25, 0.3) is 0 Å². The third-order valence-electron chi connectivity index (χ3n) is 0.712. The van der Waals surface area contributed by atoms with Crippen LogP contribution in [0.3, 0.4) is 0 Å². The van der Waals surface area contributed by atoms with Crippen molar-refractivity contribution >= 4 is 22.2 Å².